The van der Waals surface area contributed by atoms with Crippen molar-refractivity contribution in [1.29, 1.82) is 0 Å². The number of H-pyrrole nitrogens is 1. The van der Waals surface area contributed by atoms with Gasteiger partial charge in [-0.05, 0) is 75.2 Å². The van der Waals surface area contributed by atoms with Crippen molar-refractivity contribution in [3.05, 3.63) is 47.6 Å². The van der Waals surface area contributed by atoms with Crippen molar-refractivity contribution in [3.8, 4) is 0 Å². The Kier molecular flexibility index (Phi) is 6.38. The predicted molar refractivity (Wildman–Crippen MR) is 143 cm³/mol. The Hall–Kier alpha value is -2.63. The number of aromatic amines is 1. The van der Waals surface area contributed by atoms with Crippen LogP contribution < -0.4 is 0 Å². The van der Waals surface area contributed by atoms with Crippen molar-refractivity contribution in [2.45, 2.75) is 95.6 Å². The molecule has 6 rings (SSSR count). The van der Waals surface area contributed by atoms with Gasteiger partial charge in [0.15, 0.2) is 0 Å². The van der Waals surface area contributed by atoms with Crippen LogP contribution in [0.1, 0.15) is 95.7 Å². The average Bonchev–Trinajstić information content (AvgIpc) is 3.21. The van der Waals surface area contributed by atoms with Crippen molar-refractivity contribution >= 4 is 17.9 Å². The fraction of sp³-hybridized carbons (Fsp3) is 0.633. The number of aryl methyl sites for hydroxylation is 1. The lowest BCUT2D eigenvalue weighted by molar-refractivity contribution is -0.144. The summed E-state index contributed by atoms with van der Waals surface area (Å²) in [6.45, 7) is 3.87. The van der Waals surface area contributed by atoms with E-state index in [1.165, 1.54) is 12.1 Å². The van der Waals surface area contributed by atoms with Gasteiger partial charge in [0.2, 0.25) is 11.8 Å². The molecule has 6 heteroatoms. The second-order valence-corrected chi connectivity index (χ2v) is 11.9. The van der Waals surface area contributed by atoms with Gasteiger partial charge in [-0.25, -0.2) is 4.98 Å². The van der Waals surface area contributed by atoms with Crippen LogP contribution in [-0.2, 0) is 16.0 Å². The number of nitrogens with zero attached hydrogens (tertiary/aromatic N) is 3. The lowest BCUT2D eigenvalue weighted by atomic mass is 9.81. The topological polar surface area (TPSA) is 69.3 Å². The highest BCUT2D eigenvalue weighted by Gasteiger charge is 2.42. The van der Waals surface area contributed by atoms with Crippen LogP contribution in [0.2, 0.25) is 0 Å². The predicted octanol–water partition coefficient (Wildman–Crippen LogP) is 5.39. The zero-order valence-electron chi connectivity index (χ0n) is 21.6. The van der Waals surface area contributed by atoms with Crippen molar-refractivity contribution in [1.82, 2.24) is 19.8 Å². The van der Waals surface area contributed by atoms with Gasteiger partial charge < -0.3 is 14.8 Å². The summed E-state index contributed by atoms with van der Waals surface area (Å²) in [6.07, 6.45) is 23.9. The fourth-order valence-corrected chi connectivity index (χ4v) is 6.89. The Bertz CT molecular complexity index is 1110. The Morgan fingerprint density at radius 1 is 1.17 bits per heavy atom. The highest BCUT2D eigenvalue weighted by Crippen LogP contribution is 2.51. The SMILES string of the molecule is CC1(CCC2CCCN2C(=O)[C@@H]2CCCN2C(=O)CCc2nc3c([nH]2)C2CC2C=C3)C=CCC=CC1.[HH]. The summed E-state index contributed by atoms with van der Waals surface area (Å²) in [4.78, 5) is 39.1. The maximum atomic E-state index is 13.7. The van der Waals surface area contributed by atoms with E-state index in [1.54, 1.807) is 0 Å². The lowest BCUT2D eigenvalue weighted by Gasteiger charge is -2.33. The number of nitrogens with one attached hydrogen (secondary N) is 1. The molecule has 5 aliphatic rings. The molecule has 0 aromatic carbocycles. The number of fused-ring (bicyclic) bond motifs is 3. The average molecular weight is 491 g/mol. The minimum atomic E-state index is -0.283. The normalized spacial score (nSPS) is 32.5. The van der Waals surface area contributed by atoms with E-state index in [9.17, 15) is 9.59 Å². The van der Waals surface area contributed by atoms with Crippen LogP contribution in [0, 0.1) is 11.3 Å². The second-order valence-electron chi connectivity index (χ2n) is 11.9. The third-order valence-electron chi connectivity index (χ3n) is 9.21. The van der Waals surface area contributed by atoms with Gasteiger partial charge >= 0.3 is 0 Å². The maximum absolute atomic E-state index is 13.7. The van der Waals surface area contributed by atoms with Crippen LogP contribution in [0.5, 0.6) is 0 Å². The number of imidazole rings is 1. The van der Waals surface area contributed by atoms with Crippen molar-refractivity contribution in [2.24, 2.45) is 11.3 Å². The zero-order valence-corrected chi connectivity index (χ0v) is 21.6. The van der Waals surface area contributed by atoms with E-state index >= 15 is 0 Å². The van der Waals surface area contributed by atoms with E-state index in [-0.39, 0.29) is 24.7 Å². The molecule has 4 unspecified atom stereocenters. The molecule has 3 aliphatic carbocycles. The number of carbonyl (C=O) groups is 2. The number of likely N-dealkylation sites (tertiary alicyclic amines) is 2. The number of aromatic nitrogens is 2. The van der Waals surface area contributed by atoms with Gasteiger partial charge in [0.05, 0.1) is 5.69 Å². The van der Waals surface area contributed by atoms with Gasteiger partial charge in [-0.2, -0.15) is 0 Å². The first-order chi connectivity index (χ1) is 17.5. The summed E-state index contributed by atoms with van der Waals surface area (Å²) >= 11 is 0. The van der Waals surface area contributed by atoms with E-state index in [4.69, 9.17) is 4.98 Å². The third kappa shape index (κ3) is 4.71. The summed E-state index contributed by atoms with van der Waals surface area (Å²) < 4.78 is 0. The fourth-order valence-electron chi connectivity index (χ4n) is 6.89. The number of hydrogen-bond acceptors (Lipinski definition) is 3. The molecule has 1 saturated carbocycles. The van der Waals surface area contributed by atoms with Crippen molar-refractivity contribution in [2.75, 3.05) is 13.1 Å². The maximum Gasteiger partial charge on any atom is 0.245 e. The van der Waals surface area contributed by atoms with Gasteiger partial charge in [-0.3, -0.25) is 9.59 Å². The lowest BCUT2D eigenvalue weighted by Crippen LogP contribution is -2.49. The van der Waals surface area contributed by atoms with E-state index in [2.05, 4.69) is 53.3 Å². The van der Waals surface area contributed by atoms with Crippen LogP contribution in [0.4, 0.5) is 0 Å². The van der Waals surface area contributed by atoms with Gasteiger partial charge in [-0.1, -0.05) is 37.3 Å². The Morgan fingerprint density at radius 3 is 2.94 bits per heavy atom. The van der Waals surface area contributed by atoms with E-state index in [0.29, 0.717) is 37.3 Å². The molecule has 6 nitrogen and oxygen atoms in total. The van der Waals surface area contributed by atoms with Crippen LogP contribution in [0.25, 0.3) is 6.08 Å². The van der Waals surface area contributed by atoms with Crippen LogP contribution in [0.15, 0.2) is 30.4 Å². The smallest absolute Gasteiger partial charge is 0.245 e. The first-order valence-electron chi connectivity index (χ1n) is 14.2. The largest absolute Gasteiger partial charge is 0.345 e. The van der Waals surface area contributed by atoms with Crippen molar-refractivity contribution < 1.29 is 11.0 Å². The molecule has 1 aromatic rings. The molecule has 0 spiro atoms. The molecule has 3 heterocycles. The van der Waals surface area contributed by atoms with E-state index in [0.717, 1.165) is 69.4 Å². The molecule has 3 fully saturated rings. The molecule has 36 heavy (non-hydrogen) atoms. The highest BCUT2D eigenvalue weighted by molar-refractivity contribution is 5.88. The summed E-state index contributed by atoms with van der Waals surface area (Å²) in [5, 5.41) is 0. The Morgan fingerprint density at radius 2 is 2.03 bits per heavy atom. The van der Waals surface area contributed by atoms with Gasteiger partial charge in [0.1, 0.15) is 11.9 Å². The van der Waals surface area contributed by atoms with Crippen molar-refractivity contribution in [3.63, 3.8) is 0 Å². The molecule has 1 N–H and O–H groups in total. The molecular formula is C30H42N4O2. The number of amides is 2. The molecule has 0 radical (unpaired) electrons. The van der Waals surface area contributed by atoms with Gasteiger partial charge in [0.25, 0.3) is 0 Å². The minimum Gasteiger partial charge on any atom is -0.345 e. The van der Waals surface area contributed by atoms with Crippen LogP contribution in [0.3, 0.4) is 0 Å². The van der Waals surface area contributed by atoms with Gasteiger partial charge in [0, 0.05) is 45.0 Å². The molecule has 2 amide bonds. The third-order valence-corrected chi connectivity index (χ3v) is 9.21. The summed E-state index contributed by atoms with van der Waals surface area (Å²) in [6, 6.07) is 0.0237. The molecule has 0 bridgehead atoms. The van der Waals surface area contributed by atoms with Crippen LogP contribution >= 0.6 is 0 Å². The van der Waals surface area contributed by atoms with E-state index < -0.39 is 0 Å². The number of allylic oxidation sites excluding steroid dienone is 5. The molecule has 1 aromatic heterocycles. The van der Waals surface area contributed by atoms with E-state index in [1.807, 2.05) is 4.90 Å². The molecule has 2 saturated heterocycles. The highest BCUT2D eigenvalue weighted by atomic mass is 16.2. The quantitative estimate of drug-likeness (QED) is 0.521. The zero-order chi connectivity index (χ0) is 24.7. The standard InChI is InChI=1S/C30H40N4O2.H2/c1-30(15-4-2-3-5-16-30)17-14-22-8-6-18-33(22)29(36)25-9-7-19-34(25)27(35)13-12-26-31-24-11-10-21-20-23(21)28(24)32-26;/h2,4-5,10-11,16,21-23,25H,3,6-9,12-15,17-20H2,1H3,(H,31,32);1H/t21?,22?,23?,25-,30?;/m0./s1. The Balaban J connectivity index is 0.00000280. The molecule has 194 valence electrons. The summed E-state index contributed by atoms with van der Waals surface area (Å²) in [7, 11) is 0. The molecular weight excluding hydrogens is 448 g/mol. The first kappa shape index (κ1) is 23.7. The minimum absolute atomic E-state index is 0. The number of carbonyl (C=O) groups excluding carboxylic acids is 2. The monoisotopic (exact) mass is 490 g/mol. The first-order valence-corrected chi connectivity index (χ1v) is 14.2. The Labute approximate surface area is 216 Å². The summed E-state index contributed by atoms with van der Waals surface area (Å²) in [5.41, 5.74) is 2.49. The molecule has 5 atom stereocenters. The number of hydrogen-bond donors (Lipinski definition) is 1. The number of rotatable bonds is 7. The second kappa shape index (κ2) is 9.68. The summed E-state index contributed by atoms with van der Waals surface area (Å²) in [5.74, 6) is 2.47. The van der Waals surface area contributed by atoms with Gasteiger partial charge in [-0.15, -0.1) is 0 Å². The van der Waals surface area contributed by atoms with Crippen LogP contribution in [-0.4, -0.2) is 56.8 Å². The molecule has 2 aliphatic heterocycles.